The number of aliphatic hydroxyl groups is 1. The molecule has 0 amide bonds. The second-order valence-electron chi connectivity index (χ2n) is 6.27. The number of thioether (sulfide) groups is 1. The van der Waals surface area contributed by atoms with Crippen LogP contribution in [0.3, 0.4) is 0 Å². The molecule has 0 saturated carbocycles. The van der Waals surface area contributed by atoms with E-state index in [0.29, 0.717) is 11.7 Å². The van der Waals surface area contributed by atoms with Crippen molar-refractivity contribution >= 4 is 23.1 Å². The van der Waals surface area contributed by atoms with E-state index in [4.69, 9.17) is 4.98 Å². The molecule has 1 fully saturated rings. The summed E-state index contributed by atoms with van der Waals surface area (Å²) in [5.41, 5.74) is 0.683. The Balaban J connectivity index is 2.11. The van der Waals surface area contributed by atoms with Crippen molar-refractivity contribution in [3.8, 4) is 0 Å². The minimum atomic E-state index is -0.560. The molecule has 0 spiro atoms. The Kier molecular flexibility index (Phi) is 4.10. The third kappa shape index (κ3) is 3.09. The molecule has 2 heterocycles. The van der Waals surface area contributed by atoms with E-state index >= 15 is 0 Å². The number of rotatable bonds is 2. The zero-order valence-electron chi connectivity index (χ0n) is 11.7. The summed E-state index contributed by atoms with van der Waals surface area (Å²) in [6.07, 6.45) is 2.73. The lowest BCUT2D eigenvalue weighted by Gasteiger charge is -2.37. The number of thiazole rings is 1. The molecule has 1 aromatic rings. The smallest absolute Gasteiger partial charge is 0.0957 e. The third-order valence-electron chi connectivity index (χ3n) is 3.66. The van der Waals surface area contributed by atoms with E-state index in [1.165, 1.54) is 5.75 Å². The molecular formula is C14H23NOS2. The van der Waals surface area contributed by atoms with Crippen molar-refractivity contribution in [2.45, 2.75) is 63.2 Å². The van der Waals surface area contributed by atoms with Crippen LogP contribution in [0.4, 0.5) is 0 Å². The van der Waals surface area contributed by atoms with Crippen LogP contribution < -0.4 is 0 Å². The van der Waals surface area contributed by atoms with E-state index in [1.54, 1.807) is 11.3 Å². The van der Waals surface area contributed by atoms with Gasteiger partial charge in [0, 0.05) is 22.5 Å². The van der Waals surface area contributed by atoms with Crippen LogP contribution in [-0.4, -0.2) is 26.7 Å². The van der Waals surface area contributed by atoms with Crippen LogP contribution in [0, 0.1) is 0 Å². The van der Waals surface area contributed by atoms with E-state index in [2.05, 4.69) is 33.1 Å². The molecule has 102 valence electrons. The van der Waals surface area contributed by atoms with Crippen LogP contribution in [0.15, 0.2) is 5.38 Å². The van der Waals surface area contributed by atoms with Crippen LogP contribution in [-0.2, 0) is 11.8 Å². The maximum absolute atomic E-state index is 10.8. The normalized spacial score (nSPS) is 29.5. The minimum Gasteiger partial charge on any atom is -0.388 e. The first-order chi connectivity index (χ1) is 8.31. The summed E-state index contributed by atoms with van der Waals surface area (Å²) in [5, 5.41) is 14.3. The zero-order chi connectivity index (χ0) is 13.4. The van der Waals surface area contributed by atoms with Crippen molar-refractivity contribution < 1.29 is 5.11 Å². The summed E-state index contributed by atoms with van der Waals surface area (Å²) >= 11 is 3.57. The van der Waals surface area contributed by atoms with E-state index in [-0.39, 0.29) is 5.41 Å². The summed E-state index contributed by atoms with van der Waals surface area (Å²) in [6.45, 7) is 8.68. The summed E-state index contributed by atoms with van der Waals surface area (Å²) in [5.74, 6) is 1.18. The van der Waals surface area contributed by atoms with E-state index in [9.17, 15) is 5.11 Å². The monoisotopic (exact) mass is 285 g/mol. The SMILES string of the molecule is CC1SCCCC1(O)Cc1nc(C(C)(C)C)cs1. The van der Waals surface area contributed by atoms with Gasteiger partial charge in [-0.3, -0.25) is 0 Å². The Morgan fingerprint density at radius 2 is 2.22 bits per heavy atom. The second kappa shape index (κ2) is 5.14. The first-order valence-corrected chi connectivity index (χ1v) is 8.53. The highest BCUT2D eigenvalue weighted by Gasteiger charge is 2.37. The molecule has 1 aliphatic heterocycles. The lowest BCUT2D eigenvalue weighted by atomic mass is 9.90. The highest BCUT2D eigenvalue weighted by molar-refractivity contribution is 8.00. The van der Waals surface area contributed by atoms with Gasteiger partial charge in [0.1, 0.15) is 0 Å². The van der Waals surface area contributed by atoms with Gasteiger partial charge in [0.2, 0.25) is 0 Å². The van der Waals surface area contributed by atoms with Gasteiger partial charge >= 0.3 is 0 Å². The van der Waals surface area contributed by atoms with Crippen molar-refractivity contribution in [3.63, 3.8) is 0 Å². The molecule has 1 aromatic heterocycles. The molecule has 2 rings (SSSR count). The Morgan fingerprint density at radius 3 is 2.78 bits per heavy atom. The van der Waals surface area contributed by atoms with Crippen LogP contribution >= 0.6 is 23.1 Å². The van der Waals surface area contributed by atoms with Crippen LogP contribution in [0.2, 0.25) is 0 Å². The second-order valence-corrected chi connectivity index (χ2v) is 8.66. The standard InChI is InChI=1S/C14H23NOS2/c1-10-14(16,6-5-7-17-10)8-12-15-11(9-18-12)13(2,3)4/h9-10,16H,5-8H2,1-4H3. The van der Waals surface area contributed by atoms with Gasteiger partial charge in [0.05, 0.1) is 16.3 Å². The van der Waals surface area contributed by atoms with Crippen molar-refractivity contribution in [3.05, 3.63) is 16.1 Å². The fourth-order valence-electron chi connectivity index (χ4n) is 2.23. The highest BCUT2D eigenvalue weighted by Crippen LogP contribution is 2.37. The Bertz CT molecular complexity index is 410. The molecule has 1 aliphatic rings. The van der Waals surface area contributed by atoms with Gasteiger partial charge < -0.3 is 5.11 Å². The topological polar surface area (TPSA) is 33.1 Å². The lowest BCUT2D eigenvalue weighted by molar-refractivity contribution is 0.0296. The first-order valence-electron chi connectivity index (χ1n) is 6.60. The van der Waals surface area contributed by atoms with Gasteiger partial charge in [-0.25, -0.2) is 4.98 Å². The largest absolute Gasteiger partial charge is 0.388 e. The molecule has 2 atom stereocenters. The molecule has 18 heavy (non-hydrogen) atoms. The molecule has 0 aromatic carbocycles. The molecule has 0 radical (unpaired) electrons. The molecule has 0 bridgehead atoms. The van der Waals surface area contributed by atoms with Gasteiger partial charge in [0.25, 0.3) is 0 Å². The van der Waals surface area contributed by atoms with E-state index in [1.807, 2.05) is 11.8 Å². The first kappa shape index (κ1) is 14.4. The fourth-order valence-corrected chi connectivity index (χ4v) is 4.54. The quantitative estimate of drug-likeness (QED) is 0.901. The van der Waals surface area contributed by atoms with Gasteiger partial charge in [-0.05, 0) is 18.6 Å². The molecule has 2 unspecified atom stereocenters. The molecule has 4 heteroatoms. The fraction of sp³-hybridized carbons (Fsp3) is 0.786. The Morgan fingerprint density at radius 1 is 1.50 bits per heavy atom. The average molecular weight is 285 g/mol. The van der Waals surface area contributed by atoms with Crippen LogP contribution in [0.1, 0.15) is 51.2 Å². The summed E-state index contributed by atoms with van der Waals surface area (Å²) in [4.78, 5) is 4.70. The number of nitrogens with zero attached hydrogens (tertiary/aromatic N) is 1. The van der Waals surface area contributed by atoms with Crippen molar-refractivity contribution in [1.29, 1.82) is 0 Å². The maximum atomic E-state index is 10.8. The molecular weight excluding hydrogens is 262 g/mol. The predicted octanol–water partition coefficient (Wildman–Crippen LogP) is 3.63. The van der Waals surface area contributed by atoms with Gasteiger partial charge in [-0.1, -0.05) is 27.7 Å². The van der Waals surface area contributed by atoms with Crippen molar-refractivity contribution in [2.24, 2.45) is 0 Å². The Hall–Kier alpha value is -0.0600. The number of aromatic nitrogens is 1. The predicted molar refractivity (Wildman–Crippen MR) is 80.6 cm³/mol. The van der Waals surface area contributed by atoms with E-state index < -0.39 is 5.60 Å². The summed E-state index contributed by atoms with van der Waals surface area (Å²) in [7, 11) is 0. The highest BCUT2D eigenvalue weighted by atomic mass is 32.2. The van der Waals surface area contributed by atoms with Gasteiger partial charge in [-0.15, -0.1) is 11.3 Å². The third-order valence-corrected chi connectivity index (χ3v) is 5.97. The average Bonchev–Trinajstić information content (AvgIpc) is 2.70. The minimum absolute atomic E-state index is 0.101. The zero-order valence-corrected chi connectivity index (χ0v) is 13.3. The van der Waals surface area contributed by atoms with Gasteiger partial charge in [-0.2, -0.15) is 11.8 Å². The van der Waals surface area contributed by atoms with E-state index in [0.717, 1.165) is 23.5 Å². The number of hydrogen-bond acceptors (Lipinski definition) is 4. The summed E-state index contributed by atoms with van der Waals surface area (Å²) in [6, 6.07) is 0. The van der Waals surface area contributed by atoms with Crippen LogP contribution in [0.25, 0.3) is 0 Å². The molecule has 1 N–H and O–H groups in total. The van der Waals surface area contributed by atoms with Crippen molar-refractivity contribution in [1.82, 2.24) is 4.98 Å². The van der Waals surface area contributed by atoms with Crippen molar-refractivity contribution in [2.75, 3.05) is 5.75 Å². The molecule has 2 nitrogen and oxygen atoms in total. The van der Waals surface area contributed by atoms with Crippen LogP contribution in [0.5, 0.6) is 0 Å². The number of hydrogen-bond donors (Lipinski definition) is 1. The maximum Gasteiger partial charge on any atom is 0.0957 e. The summed E-state index contributed by atoms with van der Waals surface area (Å²) < 4.78 is 0. The lowest BCUT2D eigenvalue weighted by Crippen LogP contribution is -2.43. The Labute approximate surface area is 118 Å². The molecule has 0 aliphatic carbocycles. The molecule has 1 saturated heterocycles. The van der Waals surface area contributed by atoms with Gasteiger partial charge in [0.15, 0.2) is 0 Å².